The highest BCUT2D eigenvalue weighted by Crippen LogP contribution is 2.17. The molecule has 0 aliphatic carbocycles. The average molecular weight is 359 g/mol. The van der Waals surface area contributed by atoms with Gasteiger partial charge in [0.05, 0.1) is 17.9 Å². The Morgan fingerprint density at radius 3 is 2.72 bits per heavy atom. The number of nitrogens with one attached hydrogen (secondary N) is 2. The third-order valence-corrected chi connectivity index (χ3v) is 3.58. The number of urea groups is 1. The van der Waals surface area contributed by atoms with Gasteiger partial charge in [0.25, 0.3) is 5.95 Å². The molecule has 0 bridgehead atoms. The highest BCUT2D eigenvalue weighted by atomic mass is 35.5. The number of hydrogen-bond acceptors (Lipinski definition) is 6. The molecule has 2 amide bonds. The number of rotatable bonds is 4. The number of aromatic nitrogens is 6. The molecule has 128 valence electrons. The van der Waals surface area contributed by atoms with Crippen LogP contribution < -0.4 is 10.6 Å². The van der Waals surface area contributed by atoms with E-state index in [0.29, 0.717) is 22.6 Å². The molecule has 2 N–H and O–H groups in total. The third-order valence-electron chi connectivity index (χ3n) is 3.38. The second kappa shape index (κ2) is 7.22. The van der Waals surface area contributed by atoms with Crippen LogP contribution >= 0.6 is 11.6 Å². The molecule has 10 heteroatoms. The van der Waals surface area contributed by atoms with E-state index in [1.54, 1.807) is 31.5 Å². The molecule has 3 aromatic rings. The molecule has 0 aliphatic heterocycles. The molecule has 3 heterocycles. The number of aryl methyl sites for hydroxylation is 1. The van der Waals surface area contributed by atoms with Crippen LogP contribution in [0.5, 0.6) is 0 Å². The van der Waals surface area contributed by atoms with E-state index in [1.165, 1.54) is 17.2 Å². The number of amides is 2. The first-order chi connectivity index (χ1) is 12.0. The van der Waals surface area contributed by atoms with Crippen molar-refractivity contribution in [1.29, 1.82) is 0 Å². The summed E-state index contributed by atoms with van der Waals surface area (Å²) in [6.07, 6.45) is 6.10. The van der Waals surface area contributed by atoms with Crippen molar-refractivity contribution in [3.63, 3.8) is 0 Å². The van der Waals surface area contributed by atoms with Crippen molar-refractivity contribution in [2.45, 2.75) is 19.9 Å². The molecule has 0 aliphatic rings. The molecular formula is C15H15ClN8O. The summed E-state index contributed by atoms with van der Waals surface area (Å²) in [5, 5.41) is 10.00. The number of nitrogens with zero attached hydrogens (tertiary/aromatic N) is 6. The summed E-state index contributed by atoms with van der Waals surface area (Å²) in [6, 6.07) is 2.55. The molecule has 3 rings (SSSR count). The highest BCUT2D eigenvalue weighted by Gasteiger charge is 2.18. The number of halogens is 1. The van der Waals surface area contributed by atoms with Gasteiger partial charge in [0.1, 0.15) is 11.5 Å². The molecule has 0 saturated heterocycles. The van der Waals surface area contributed by atoms with Crippen LogP contribution in [0, 0.1) is 6.92 Å². The van der Waals surface area contributed by atoms with Gasteiger partial charge in [-0.1, -0.05) is 11.6 Å². The number of pyridine rings is 1. The zero-order valence-corrected chi connectivity index (χ0v) is 14.3. The summed E-state index contributed by atoms with van der Waals surface area (Å²) < 4.78 is 1.47. The Bertz CT molecular complexity index is 882. The Morgan fingerprint density at radius 1 is 1.24 bits per heavy atom. The van der Waals surface area contributed by atoms with Crippen LogP contribution in [0.15, 0.2) is 37.1 Å². The lowest BCUT2D eigenvalue weighted by atomic mass is 10.2. The van der Waals surface area contributed by atoms with E-state index in [0.717, 1.165) is 5.56 Å². The summed E-state index contributed by atoms with van der Waals surface area (Å²) in [7, 11) is 0. The number of anilines is 1. The summed E-state index contributed by atoms with van der Waals surface area (Å²) in [5.74, 6) is 0.883. The van der Waals surface area contributed by atoms with Crippen molar-refractivity contribution < 1.29 is 4.79 Å². The van der Waals surface area contributed by atoms with E-state index in [9.17, 15) is 4.79 Å². The van der Waals surface area contributed by atoms with Crippen LogP contribution in [-0.4, -0.2) is 35.7 Å². The monoisotopic (exact) mass is 358 g/mol. The Kier molecular flexibility index (Phi) is 4.85. The molecule has 0 aromatic carbocycles. The number of carbonyl (C=O) groups excluding carboxylic acids is 1. The summed E-state index contributed by atoms with van der Waals surface area (Å²) in [4.78, 5) is 28.6. The number of hydrogen-bond donors (Lipinski definition) is 2. The van der Waals surface area contributed by atoms with Crippen LogP contribution in [0.4, 0.5) is 10.5 Å². The Balaban J connectivity index is 1.71. The van der Waals surface area contributed by atoms with E-state index >= 15 is 0 Å². The van der Waals surface area contributed by atoms with Crippen molar-refractivity contribution in [3.05, 3.63) is 53.6 Å². The van der Waals surface area contributed by atoms with E-state index in [-0.39, 0.29) is 0 Å². The molecule has 0 radical (unpaired) electrons. The summed E-state index contributed by atoms with van der Waals surface area (Å²) >= 11 is 5.81. The number of carbonyl (C=O) groups is 1. The summed E-state index contributed by atoms with van der Waals surface area (Å²) in [6.45, 7) is 3.62. The van der Waals surface area contributed by atoms with Crippen molar-refractivity contribution in [1.82, 2.24) is 35.0 Å². The topological polar surface area (TPSA) is 111 Å². The van der Waals surface area contributed by atoms with Crippen LogP contribution in [0.1, 0.15) is 24.4 Å². The molecular weight excluding hydrogens is 344 g/mol. The van der Waals surface area contributed by atoms with Crippen LogP contribution in [-0.2, 0) is 0 Å². The maximum atomic E-state index is 12.2. The Hall–Kier alpha value is -3.07. The lowest BCUT2D eigenvalue weighted by Crippen LogP contribution is -2.33. The molecule has 25 heavy (non-hydrogen) atoms. The van der Waals surface area contributed by atoms with E-state index in [2.05, 4.69) is 35.7 Å². The predicted molar refractivity (Wildman–Crippen MR) is 91.5 cm³/mol. The maximum Gasteiger partial charge on any atom is 0.319 e. The van der Waals surface area contributed by atoms with Gasteiger partial charge in [-0.3, -0.25) is 0 Å². The fourth-order valence-electron chi connectivity index (χ4n) is 2.17. The minimum atomic E-state index is -0.424. The molecule has 0 fully saturated rings. The normalized spacial score (nSPS) is 11.8. The highest BCUT2D eigenvalue weighted by molar-refractivity contribution is 6.29. The Morgan fingerprint density at radius 2 is 2.00 bits per heavy atom. The molecule has 0 saturated carbocycles. The first-order valence-corrected chi connectivity index (χ1v) is 7.79. The van der Waals surface area contributed by atoms with Crippen LogP contribution in [0.25, 0.3) is 5.95 Å². The molecule has 9 nitrogen and oxygen atoms in total. The third kappa shape index (κ3) is 3.89. The van der Waals surface area contributed by atoms with Crippen molar-refractivity contribution in [3.8, 4) is 5.95 Å². The van der Waals surface area contributed by atoms with Gasteiger partial charge in [0, 0.05) is 12.4 Å². The largest absolute Gasteiger partial charge is 0.328 e. The minimum absolute atomic E-state index is 0.368. The predicted octanol–water partition coefficient (Wildman–Crippen LogP) is 2.30. The second-order valence-corrected chi connectivity index (χ2v) is 5.61. The molecule has 1 atom stereocenters. The van der Waals surface area contributed by atoms with Gasteiger partial charge in [0.2, 0.25) is 0 Å². The van der Waals surface area contributed by atoms with Crippen LogP contribution in [0.3, 0.4) is 0 Å². The van der Waals surface area contributed by atoms with Gasteiger partial charge in [-0.25, -0.2) is 24.7 Å². The lowest BCUT2D eigenvalue weighted by Gasteiger charge is -2.15. The van der Waals surface area contributed by atoms with Gasteiger partial charge in [0.15, 0.2) is 5.82 Å². The molecule has 3 aromatic heterocycles. The minimum Gasteiger partial charge on any atom is -0.328 e. The van der Waals surface area contributed by atoms with Gasteiger partial charge in [-0.05, 0) is 31.5 Å². The molecule has 0 unspecified atom stereocenters. The van der Waals surface area contributed by atoms with Gasteiger partial charge in [-0.15, -0.1) is 0 Å². The van der Waals surface area contributed by atoms with Crippen molar-refractivity contribution >= 4 is 23.3 Å². The first kappa shape index (κ1) is 16.8. The quantitative estimate of drug-likeness (QED) is 0.692. The maximum absolute atomic E-state index is 12.2. The van der Waals surface area contributed by atoms with E-state index in [1.807, 2.05) is 6.92 Å². The summed E-state index contributed by atoms with van der Waals surface area (Å²) in [5.41, 5.74) is 1.38. The smallest absolute Gasteiger partial charge is 0.319 e. The Labute approximate surface area is 148 Å². The van der Waals surface area contributed by atoms with Crippen molar-refractivity contribution in [2.24, 2.45) is 0 Å². The SMILES string of the molecule is Cc1cc(Cl)ncc1NC(=O)N[C@@H](C)c1ncnn1-c1ncccn1. The zero-order chi connectivity index (χ0) is 17.8. The average Bonchev–Trinajstić information content (AvgIpc) is 3.08. The molecule has 0 spiro atoms. The lowest BCUT2D eigenvalue weighted by molar-refractivity contribution is 0.248. The van der Waals surface area contributed by atoms with Crippen LogP contribution in [0.2, 0.25) is 5.15 Å². The van der Waals surface area contributed by atoms with Gasteiger partial charge < -0.3 is 10.6 Å². The van der Waals surface area contributed by atoms with Gasteiger partial charge in [-0.2, -0.15) is 9.78 Å². The fraction of sp³-hybridized carbons (Fsp3) is 0.200. The van der Waals surface area contributed by atoms with Crippen molar-refractivity contribution in [2.75, 3.05) is 5.32 Å². The fourth-order valence-corrected chi connectivity index (χ4v) is 2.38. The van der Waals surface area contributed by atoms with E-state index in [4.69, 9.17) is 11.6 Å². The standard InChI is InChI=1S/C15H15ClN8O/c1-9-6-12(16)19-7-11(9)23-15(25)22-10(2)13-20-8-21-24(13)14-17-4-3-5-18-14/h3-8,10H,1-2H3,(H2,22,23,25)/t10-/m0/s1. The first-order valence-electron chi connectivity index (χ1n) is 7.41. The second-order valence-electron chi connectivity index (χ2n) is 5.22. The van der Waals surface area contributed by atoms with E-state index < -0.39 is 12.1 Å². The van der Waals surface area contributed by atoms with Gasteiger partial charge >= 0.3 is 6.03 Å². The zero-order valence-electron chi connectivity index (χ0n) is 13.5.